The molecule has 3 amide bonds. The number of carbonyl (C=O) groups excluding carboxylic acids is 3. The quantitative estimate of drug-likeness (QED) is 0.511. The molecule has 8 heteroatoms. The summed E-state index contributed by atoms with van der Waals surface area (Å²) in [4.78, 5) is 37.1. The van der Waals surface area contributed by atoms with E-state index in [1.807, 2.05) is 30.5 Å². The second-order valence-corrected chi connectivity index (χ2v) is 7.40. The van der Waals surface area contributed by atoms with E-state index in [0.717, 1.165) is 29.6 Å². The number of aromatic nitrogens is 1. The van der Waals surface area contributed by atoms with Crippen LogP contribution in [0.15, 0.2) is 54.7 Å². The molecule has 0 spiro atoms. The van der Waals surface area contributed by atoms with Gasteiger partial charge in [-0.3, -0.25) is 14.4 Å². The van der Waals surface area contributed by atoms with Gasteiger partial charge in [0.2, 0.25) is 11.8 Å². The van der Waals surface area contributed by atoms with Gasteiger partial charge in [-0.2, -0.15) is 0 Å². The van der Waals surface area contributed by atoms with Crippen molar-refractivity contribution in [3.05, 3.63) is 60.3 Å². The highest BCUT2D eigenvalue weighted by Crippen LogP contribution is 2.22. The first-order chi connectivity index (χ1) is 15.0. The van der Waals surface area contributed by atoms with Gasteiger partial charge in [-0.1, -0.05) is 12.1 Å². The number of anilines is 1. The van der Waals surface area contributed by atoms with Crippen LogP contribution in [0, 0.1) is 0 Å². The summed E-state index contributed by atoms with van der Waals surface area (Å²) in [5.74, 6) is -0.241. The molecule has 3 N–H and O–H groups in total. The van der Waals surface area contributed by atoms with E-state index in [0.29, 0.717) is 17.8 Å². The van der Waals surface area contributed by atoms with Gasteiger partial charge in [-0.25, -0.2) is 0 Å². The Balaban J connectivity index is 1.27. The van der Waals surface area contributed by atoms with Gasteiger partial charge in [-0.15, -0.1) is 0 Å². The van der Waals surface area contributed by atoms with Gasteiger partial charge in [0.05, 0.1) is 24.8 Å². The number of aryl methyl sites for hydroxylation is 1. The summed E-state index contributed by atoms with van der Waals surface area (Å²) in [5.41, 5.74) is 1.93. The summed E-state index contributed by atoms with van der Waals surface area (Å²) in [5, 5.41) is 9.27. The number of benzene rings is 2. The van der Waals surface area contributed by atoms with Crippen LogP contribution in [-0.2, 0) is 16.1 Å². The third kappa shape index (κ3) is 4.53. The molecule has 1 aliphatic rings. The molecule has 31 heavy (non-hydrogen) atoms. The van der Waals surface area contributed by atoms with Crippen molar-refractivity contribution in [3.63, 3.8) is 0 Å². The van der Waals surface area contributed by atoms with Crippen LogP contribution in [0.25, 0.3) is 10.9 Å². The fourth-order valence-corrected chi connectivity index (χ4v) is 3.69. The molecule has 2 aromatic carbocycles. The van der Waals surface area contributed by atoms with Gasteiger partial charge in [0.25, 0.3) is 5.91 Å². The number of hydrogen-bond donors (Lipinski definition) is 3. The zero-order valence-corrected chi connectivity index (χ0v) is 17.2. The average molecular weight is 420 g/mol. The zero-order chi connectivity index (χ0) is 21.8. The van der Waals surface area contributed by atoms with Crippen LogP contribution < -0.4 is 20.7 Å². The van der Waals surface area contributed by atoms with Gasteiger partial charge in [0.1, 0.15) is 11.8 Å². The second kappa shape index (κ2) is 8.91. The van der Waals surface area contributed by atoms with Gasteiger partial charge < -0.3 is 25.3 Å². The molecule has 0 bridgehead atoms. The predicted molar refractivity (Wildman–Crippen MR) is 117 cm³/mol. The Morgan fingerprint density at radius 2 is 2.00 bits per heavy atom. The third-order valence-electron chi connectivity index (χ3n) is 5.32. The largest absolute Gasteiger partial charge is 0.497 e. The van der Waals surface area contributed by atoms with Crippen LogP contribution in [0.2, 0.25) is 0 Å². The van der Waals surface area contributed by atoms with Crippen molar-refractivity contribution in [3.8, 4) is 5.75 Å². The molecule has 1 aliphatic heterocycles. The number of fused-ring (bicyclic) bond motifs is 2. The standard InChI is InChI=1S/C23H24N4O4/c1-31-16-7-8-20-15(13-16)9-12-27(20)11-4-10-24-21(28)14-19-23(30)25-18-6-3-2-5-17(18)22(29)26-19/h2-3,5-9,12-13,19H,4,10-11,14H2,1H3,(H,24,28)(H,25,30)(H,26,29). The Morgan fingerprint density at radius 3 is 2.84 bits per heavy atom. The van der Waals surface area contributed by atoms with Crippen LogP contribution in [0.1, 0.15) is 23.2 Å². The lowest BCUT2D eigenvalue weighted by Gasteiger charge is -2.14. The SMILES string of the molecule is COc1ccc2c(ccn2CCCNC(=O)CC2NC(=O)c3ccccc3NC2=O)c1. The van der Waals surface area contributed by atoms with E-state index >= 15 is 0 Å². The Kier molecular flexibility index (Phi) is 5.88. The lowest BCUT2D eigenvalue weighted by molar-refractivity contribution is -0.125. The Morgan fingerprint density at radius 1 is 1.16 bits per heavy atom. The van der Waals surface area contributed by atoms with Crippen molar-refractivity contribution in [1.29, 1.82) is 0 Å². The van der Waals surface area contributed by atoms with Gasteiger partial charge in [0.15, 0.2) is 0 Å². The van der Waals surface area contributed by atoms with E-state index in [-0.39, 0.29) is 18.2 Å². The van der Waals surface area contributed by atoms with Crippen LogP contribution >= 0.6 is 0 Å². The van der Waals surface area contributed by atoms with Crippen LogP contribution in [0.3, 0.4) is 0 Å². The molecule has 4 rings (SSSR count). The zero-order valence-electron chi connectivity index (χ0n) is 17.2. The fraction of sp³-hybridized carbons (Fsp3) is 0.261. The minimum absolute atomic E-state index is 0.113. The smallest absolute Gasteiger partial charge is 0.254 e. The number of hydrogen-bond acceptors (Lipinski definition) is 4. The van der Waals surface area contributed by atoms with E-state index in [4.69, 9.17) is 4.74 Å². The average Bonchev–Trinajstić information content (AvgIpc) is 3.13. The molecule has 1 aromatic heterocycles. The Hall–Kier alpha value is -3.81. The van der Waals surface area contributed by atoms with Crippen molar-refractivity contribution in [1.82, 2.24) is 15.2 Å². The molecule has 8 nitrogen and oxygen atoms in total. The van der Waals surface area contributed by atoms with Crippen LogP contribution in [-0.4, -0.2) is 42.0 Å². The molecule has 2 heterocycles. The molecule has 0 radical (unpaired) electrons. The minimum atomic E-state index is -0.914. The number of amides is 3. The highest BCUT2D eigenvalue weighted by molar-refractivity contribution is 6.10. The van der Waals surface area contributed by atoms with Gasteiger partial charge in [0, 0.05) is 30.2 Å². The topological polar surface area (TPSA) is 101 Å². The van der Waals surface area contributed by atoms with E-state index in [2.05, 4.69) is 20.5 Å². The van der Waals surface area contributed by atoms with E-state index in [1.165, 1.54) is 0 Å². The summed E-state index contributed by atoms with van der Waals surface area (Å²) in [6.45, 7) is 1.21. The number of rotatable bonds is 7. The Labute approximate surface area is 179 Å². The predicted octanol–water partition coefficient (Wildman–Crippen LogP) is 2.30. The normalized spacial score (nSPS) is 15.6. The highest BCUT2D eigenvalue weighted by atomic mass is 16.5. The molecular weight excluding hydrogens is 396 g/mol. The molecule has 160 valence electrons. The summed E-state index contributed by atoms with van der Waals surface area (Å²) in [6.07, 6.45) is 2.63. The monoisotopic (exact) mass is 420 g/mol. The van der Waals surface area contributed by atoms with E-state index in [1.54, 1.807) is 31.4 Å². The van der Waals surface area contributed by atoms with Gasteiger partial charge in [-0.05, 0) is 42.8 Å². The first-order valence-corrected chi connectivity index (χ1v) is 10.2. The summed E-state index contributed by atoms with van der Waals surface area (Å²) < 4.78 is 7.37. The van der Waals surface area contributed by atoms with E-state index in [9.17, 15) is 14.4 Å². The number of nitrogens with zero attached hydrogens (tertiary/aromatic N) is 1. The lowest BCUT2D eigenvalue weighted by atomic mass is 10.1. The molecule has 0 saturated carbocycles. The maximum atomic E-state index is 12.4. The maximum Gasteiger partial charge on any atom is 0.254 e. The summed E-state index contributed by atoms with van der Waals surface area (Å²) in [7, 11) is 1.64. The van der Waals surface area contributed by atoms with E-state index < -0.39 is 11.9 Å². The number of carbonyl (C=O) groups is 3. The number of nitrogens with one attached hydrogen (secondary N) is 3. The second-order valence-electron chi connectivity index (χ2n) is 7.40. The van der Waals surface area contributed by atoms with Gasteiger partial charge >= 0.3 is 0 Å². The van der Waals surface area contributed by atoms with Crippen molar-refractivity contribution >= 4 is 34.3 Å². The summed E-state index contributed by atoms with van der Waals surface area (Å²) in [6, 6.07) is 13.8. The van der Waals surface area contributed by atoms with Crippen molar-refractivity contribution in [2.24, 2.45) is 0 Å². The molecule has 0 fully saturated rings. The van der Waals surface area contributed by atoms with Crippen molar-refractivity contribution < 1.29 is 19.1 Å². The minimum Gasteiger partial charge on any atom is -0.497 e. The highest BCUT2D eigenvalue weighted by Gasteiger charge is 2.29. The van der Waals surface area contributed by atoms with Crippen molar-refractivity contribution in [2.45, 2.75) is 25.4 Å². The maximum absolute atomic E-state index is 12.4. The Bertz CT molecular complexity index is 1140. The van der Waals surface area contributed by atoms with Crippen molar-refractivity contribution in [2.75, 3.05) is 19.0 Å². The number of para-hydroxylation sites is 1. The van der Waals surface area contributed by atoms with Crippen LogP contribution in [0.5, 0.6) is 5.75 Å². The first kappa shape index (κ1) is 20.5. The molecule has 0 saturated heterocycles. The molecule has 0 aliphatic carbocycles. The third-order valence-corrected chi connectivity index (χ3v) is 5.32. The number of ether oxygens (including phenoxy) is 1. The van der Waals surface area contributed by atoms with Crippen LogP contribution in [0.4, 0.5) is 5.69 Å². The lowest BCUT2D eigenvalue weighted by Crippen LogP contribution is -2.44. The molecule has 3 aromatic rings. The summed E-state index contributed by atoms with van der Waals surface area (Å²) >= 11 is 0. The fourth-order valence-electron chi connectivity index (χ4n) is 3.69. The molecule has 1 atom stereocenters. The first-order valence-electron chi connectivity index (χ1n) is 10.2. The molecule has 1 unspecified atom stereocenters. The number of methoxy groups -OCH3 is 1. The molecular formula is C23H24N4O4.